The number of hydrogen-bond acceptors (Lipinski definition) is 3. The Hall–Kier alpha value is -0.770. The van der Waals surface area contributed by atoms with Crippen LogP contribution in [0.25, 0.3) is 0 Å². The summed E-state index contributed by atoms with van der Waals surface area (Å²) in [5.74, 6) is 0. The van der Waals surface area contributed by atoms with E-state index >= 15 is 0 Å². The average molecular weight is 188 g/mol. The van der Waals surface area contributed by atoms with E-state index in [4.69, 9.17) is 10.5 Å². The number of carbonyl (C=O) groups excluding carboxylic acids is 1. The highest BCUT2D eigenvalue weighted by Crippen LogP contribution is 1.96. The number of nitrogens with two attached hydrogens (primary N) is 1. The third kappa shape index (κ3) is 7.59. The molecule has 4 heteroatoms. The minimum atomic E-state index is -0.372. The molecule has 0 aromatic carbocycles. The van der Waals surface area contributed by atoms with Crippen LogP contribution >= 0.6 is 0 Å². The molecule has 0 fully saturated rings. The molecule has 0 rings (SSSR count). The third-order valence-electron chi connectivity index (χ3n) is 1.43. The fourth-order valence-electron chi connectivity index (χ4n) is 1.07. The Kier molecular flexibility index (Phi) is 5.46. The van der Waals surface area contributed by atoms with Gasteiger partial charge in [-0.05, 0) is 34.1 Å². The maximum absolute atomic E-state index is 11.1. The minimum absolute atomic E-state index is 0.0613. The van der Waals surface area contributed by atoms with E-state index in [1.807, 2.05) is 27.7 Å². The summed E-state index contributed by atoms with van der Waals surface area (Å²) in [4.78, 5) is 11.1. The Bertz CT molecular complexity index is 158. The monoisotopic (exact) mass is 188 g/mol. The minimum Gasteiger partial charge on any atom is -0.447 e. The summed E-state index contributed by atoms with van der Waals surface area (Å²) in [5.41, 5.74) is 5.58. The molecule has 0 aromatic heterocycles. The molecule has 13 heavy (non-hydrogen) atoms. The SMILES string of the molecule is CC(N)CC(C)NC(=O)OC(C)C. The van der Waals surface area contributed by atoms with Gasteiger partial charge in [0.2, 0.25) is 0 Å². The molecule has 0 aliphatic heterocycles. The molecule has 1 amide bonds. The van der Waals surface area contributed by atoms with Crippen LogP contribution in [0.5, 0.6) is 0 Å². The number of alkyl carbamates (subject to hydrolysis) is 1. The van der Waals surface area contributed by atoms with Crippen LogP contribution in [0.3, 0.4) is 0 Å². The van der Waals surface area contributed by atoms with Gasteiger partial charge in [0.05, 0.1) is 6.10 Å². The summed E-state index contributed by atoms with van der Waals surface area (Å²) in [6, 6.07) is 0.153. The Labute approximate surface area is 79.8 Å². The first kappa shape index (κ1) is 12.2. The van der Waals surface area contributed by atoms with E-state index in [0.29, 0.717) is 0 Å². The molecule has 0 aromatic rings. The standard InChI is InChI=1S/C9H20N2O2/c1-6(2)13-9(12)11-8(4)5-7(3)10/h6-8H,5,10H2,1-4H3,(H,11,12). The van der Waals surface area contributed by atoms with Crippen molar-refractivity contribution in [2.75, 3.05) is 0 Å². The predicted octanol–water partition coefficient (Wildman–Crippen LogP) is 1.25. The van der Waals surface area contributed by atoms with E-state index < -0.39 is 0 Å². The van der Waals surface area contributed by atoms with Crippen LogP contribution < -0.4 is 11.1 Å². The molecule has 0 radical (unpaired) electrons. The maximum atomic E-state index is 11.1. The van der Waals surface area contributed by atoms with E-state index in [1.54, 1.807) is 0 Å². The van der Waals surface area contributed by atoms with Gasteiger partial charge in [-0.3, -0.25) is 0 Å². The van der Waals surface area contributed by atoms with Crippen LogP contribution in [0.4, 0.5) is 4.79 Å². The molecule has 0 spiro atoms. The lowest BCUT2D eigenvalue weighted by Crippen LogP contribution is -2.37. The van der Waals surface area contributed by atoms with Crippen molar-refractivity contribution < 1.29 is 9.53 Å². The first-order chi connectivity index (χ1) is 5.91. The van der Waals surface area contributed by atoms with Crippen molar-refractivity contribution in [3.8, 4) is 0 Å². The highest BCUT2D eigenvalue weighted by Gasteiger charge is 2.10. The molecular weight excluding hydrogens is 168 g/mol. The molecule has 3 N–H and O–H groups in total. The fourth-order valence-corrected chi connectivity index (χ4v) is 1.07. The van der Waals surface area contributed by atoms with Gasteiger partial charge >= 0.3 is 6.09 Å². The molecule has 2 atom stereocenters. The van der Waals surface area contributed by atoms with Crippen molar-refractivity contribution in [2.24, 2.45) is 5.73 Å². The zero-order valence-electron chi connectivity index (χ0n) is 8.83. The molecule has 78 valence electrons. The van der Waals surface area contributed by atoms with Gasteiger partial charge in [-0.1, -0.05) is 0 Å². The van der Waals surface area contributed by atoms with Crippen LogP contribution in [-0.2, 0) is 4.74 Å². The van der Waals surface area contributed by atoms with E-state index in [2.05, 4.69) is 5.32 Å². The lowest BCUT2D eigenvalue weighted by atomic mass is 10.1. The number of amides is 1. The number of ether oxygens (including phenoxy) is 1. The first-order valence-corrected chi connectivity index (χ1v) is 4.64. The Morgan fingerprint density at radius 1 is 1.38 bits per heavy atom. The van der Waals surface area contributed by atoms with Crippen LogP contribution in [0, 0.1) is 0 Å². The van der Waals surface area contributed by atoms with Crippen molar-refractivity contribution in [3.05, 3.63) is 0 Å². The molecule has 0 saturated heterocycles. The summed E-state index contributed by atoms with van der Waals surface area (Å²) < 4.78 is 4.91. The van der Waals surface area contributed by atoms with Gasteiger partial charge < -0.3 is 15.8 Å². The molecular formula is C9H20N2O2. The van der Waals surface area contributed by atoms with Crippen molar-refractivity contribution >= 4 is 6.09 Å². The lowest BCUT2D eigenvalue weighted by Gasteiger charge is -2.16. The van der Waals surface area contributed by atoms with Gasteiger partial charge in [-0.2, -0.15) is 0 Å². The van der Waals surface area contributed by atoms with Crippen molar-refractivity contribution in [1.82, 2.24) is 5.32 Å². The number of hydrogen-bond donors (Lipinski definition) is 2. The van der Waals surface area contributed by atoms with Crippen molar-refractivity contribution in [2.45, 2.75) is 52.3 Å². The molecule has 0 aliphatic carbocycles. The number of carbonyl (C=O) groups is 1. The van der Waals surface area contributed by atoms with Gasteiger partial charge in [0, 0.05) is 12.1 Å². The first-order valence-electron chi connectivity index (χ1n) is 4.64. The van der Waals surface area contributed by atoms with E-state index in [1.165, 1.54) is 0 Å². The molecule has 0 aliphatic rings. The average Bonchev–Trinajstić information content (AvgIpc) is 1.80. The Morgan fingerprint density at radius 2 is 1.92 bits per heavy atom. The van der Waals surface area contributed by atoms with Gasteiger partial charge in [-0.25, -0.2) is 4.79 Å². The predicted molar refractivity (Wildman–Crippen MR) is 52.5 cm³/mol. The molecule has 0 saturated carbocycles. The lowest BCUT2D eigenvalue weighted by molar-refractivity contribution is 0.112. The zero-order valence-corrected chi connectivity index (χ0v) is 8.83. The van der Waals surface area contributed by atoms with Crippen molar-refractivity contribution in [3.63, 3.8) is 0 Å². The summed E-state index contributed by atoms with van der Waals surface area (Å²) in [5, 5.41) is 2.70. The normalized spacial score (nSPS) is 15.2. The number of nitrogens with one attached hydrogen (secondary N) is 1. The zero-order chi connectivity index (χ0) is 10.4. The maximum Gasteiger partial charge on any atom is 0.407 e. The Balaban J connectivity index is 3.65. The summed E-state index contributed by atoms with van der Waals surface area (Å²) in [7, 11) is 0. The third-order valence-corrected chi connectivity index (χ3v) is 1.43. The summed E-state index contributed by atoms with van der Waals surface area (Å²) in [6.07, 6.45) is 0.304. The van der Waals surface area contributed by atoms with E-state index in [-0.39, 0.29) is 24.3 Å². The largest absolute Gasteiger partial charge is 0.447 e. The van der Waals surface area contributed by atoms with Gasteiger partial charge in [-0.15, -0.1) is 0 Å². The van der Waals surface area contributed by atoms with Crippen LogP contribution in [0.1, 0.15) is 34.1 Å². The highest BCUT2D eigenvalue weighted by atomic mass is 16.6. The second kappa shape index (κ2) is 5.80. The second-order valence-electron chi connectivity index (χ2n) is 3.71. The summed E-state index contributed by atoms with van der Waals surface area (Å²) >= 11 is 0. The van der Waals surface area contributed by atoms with E-state index in [9.17, 15) is 4.79 Å². The van der Waals surface area contributed by atoms with Crippen LogP contribution in [-0.4, -0.2) is 24.3 Å². The van der Waals surface area contributed by atoms with Gasteiger partial charge in [0.15, 0.2) is 0 Å². The fraction of sp³-hybridized carbons (Fsp3) is 0.889. The molecule has 0 bridgehead atoms. The quantitative estimate of drug-likeness (QED) is 0.697. The molecule has 2 unspecified atom stereocenters. The second-order valence-corrected chi connectivity index (χ2v) is 3.71. The highest BCUT2D eigenvalue weighted by molar-refractivity contribution is 5.67. The Morgan fingerprint density at radius 3 is 2.31 bits per heavy atom. The molecule has 0 heterocycles. The van der Waals surface area contributed by atoms with Crippen LogP contribution in [0.15, 0.2) is 0 Å². The summed E-state index contributed by atoms with van der Waals surface area (Å²) in [6.45, 7) is 7.45. The smallest absolute Gasteiger partial charge is 0.407 e. The van der Waals surface area contributed by atoms with Crippen molar-refractivity contribution in [1.29, 1.82) is 0 Å². The number of rotatable bonds is 4. The van der Waals surface area contributed by atoms with Gasteiger partial charge in [0.25, 0.3) is 0 Å². The molecule has 4 nitrogen and oxygen atoms in total. The topological polar surface area (TPSA) is 64.3 Å². The van der Waals surface area contributed by atoms with Crippen LogP contribution in [0.2, 0.25) is 0 Å². The van der Waals surface area contributed by atoms with E-state index in [0.717, 1.165) is 6.42 Å². The van der Waals surface area contributed by atoms with Gasteiger partial charge in [0.1, 0.15) is 0 Å².